The second-order valence-electron chi connectivity index (χ2n) is 6.10. The second-order valence-corrected chi connectivity index (χ2v) is 6.10. The van der Waals surface area contributed by atoms with Crippen LogP contribution in [0.15, 0.2) is 54.6 Å². The highest BCUT2D eigenvalue weighted by atomic mass is 19.1. The van der Waals surface area contributed by atoms with Gasteiger partial charge < -0.3 is 10.4 Å². The third-order valence-electron chi connectivity index (χ3n) is 4.85. The maximum atomic E-state index is 14.2. The van der Waals surface area contributed by atoms with Crippen LogP contribution in [0.3, 0.4) is 0 Å². The fraction of sp³-hybridized carbons (Fsp3) is 0.211. The highest BCUT2D eigenvalue weighted by Crippen LogP contribution is 2.50. The molecule has 0 amide bonds. The van der Waals surface area contributed by atoms with Crippen LogP contribution in [0.2, 0.25) is 0 Å². The van der Waals surface area contributed by atoms with Gasteiger partial charge in [-0.15, -0.1) is 0 Å². The number of nitrogens with one attached hydrogen (secondary N) is 1. The maximum Gasteiger partial charge on any atom is 0.335 e. The maximum absolute atomic E-state index is 14.2. The molecule has 0 spiro atoms. The Morgan fingerprint density at radius 3 is 2.78 bits per heavy atom. The van der Waals surface area contributed by atoms with Crippen molar-refractivity contribution in [2.75, 3.05) is 5.32 Å². The van der Waals surface area contributed by atoms with E-state index in [4.69, 9.17) is 0 Å². The fourth-order valence-corrected chi connectivity index (χ4v) is 3.76. The zero-order valence-electron chi connectivity index (χ0n) is 12.4. The van der Waals surface area contributed by atoms with Gasteiger partial charge in [0.15, 0.2) is 0 Å². The number of carboxylic acids is 1. The minimum atomic E-state index is -0.928. The lowest BCUT2D eigenvalue weighted by Crippen LogP contribution is -2.29. The van der Waals surface area contributed by atoms with Gasteiger partial charge in [-0.2, -0.15) is 0 Å². The van der Waals surface area contributed by atoms with E-state index in [1.807, 2.05) is 12.1 Å². The molecule has 4 rings (SSSR count). The molecule has 3 nitrogen and oxygen atoms in total. The Kier molecular flexibility index (Phi) is 3.18. The van der Waals surface area contributed by atoms with Crippen molar-refractivity contribution in [3.63, 3.8) is 0 Å². The van der Waals surface area contributed by atoms with Crippen LogP contribution in [-0.4, -0.2) is 11.1 Å². The molecule has 3 atom stereocenters. The van der Waals surface area contributed by atoms with E-state index in [9.17, 15) is 14.3 Å². The van der Waals surface area contributed by atoms with Gasteiger partial charge in [-0.05, 0) is 42.2 Å². The van der Waals surface area contributed by atoms with Crippen molar-refractivity contribution in [1.82, 2.24) is 0 Å². The Bertz CT molecular complexity index is 815. The predicted molar refractivity (Wildman–Crippen MR) is 86.2 cm³/mol. The van der Waals surface area contributed by atoms with Crippen molar-refractivity contribution >= 4 is 11.7 Å². The first-order chi connectivity index (χ1) is 11.1. The van der Waals surface area contributed by atoms with Crippen molar-refractivity contribution in [2.24, 2.45) is 5.92 Å². The summed E-state index contributed by atoms with van der Waals surface area (Å²) in [6.07, 6.45) is 5.07. The number of aromatic carboxylic acids is 1. The van der Waals surface area contributed by atoms with Gasteiger partial charge in [0.25, 0.3) is 0 Å². The molecule has 4 heteroatoms. The quantitative estimate of drug-likeness (QED) is 0.811. The van der Waals surface area contributed by atoms with E-state index in [2.05, 4.69) is 17.5 Å². The standard InChI is InChI=1S/C19H16FNO2/c20-16-7-2-1-4-14(16)18-13-6-3-5-12(13)15-10-11(19(22)23)8-9-17(15)21-18/h1-5,7-10,12-13,18,21H,6H2,(H,22,23)/t12-,13+,18+/m1/s1. The minimum Gasteiger partial charge on any atom is -0.478 e. The van der Waals surface area contributed by atoms with Gasteiger partial charge in [0, 0.05) is 17.2 Å². The molecule has 2 aromatic rings. The van der Waals surface area contributed by atoms with Crippen LogP contribution in [0.4, 0.5) is 10.1 Å². The molecule has 0 saturated heterocycles. The number of carbonyl (C=O) groups is 1. The molecule has 116 valence electrons. The Morgan fingerprint density at radius 1 is 1.17 bits per heavy atom. The molecule has 1 heterocycles. The second kappa shape index (κ2) is 5.23. The zero-order valence-corrected chi connectivity index (χ0v) is 12.4. The van der Waals surface area contributed by atoms with Gasteiger partial charge in [-0.25, -0.2) is 9.18 Å². The summed E-state index contributed by atoms with van der Waals surface area (Å²) in [5.74, 6) is -0.817. The summed E-state index contributed by atoms with van der Waals surface area (Å²) in [4.78, 5) is 11.2. The number of hydrogen-bond donors (Lipinski definition) is 2. The van der Waals surface area contributed by atoms with Crippen molar-refractivity contribution in [3.05, 3.63) is 77.1 Å². The molecule has 23 heavy (non-hydrogen) atoms. The lowest BCUT2D eigenvalue weighted by Gasteiger charge is -2.37. The van der Waals surface area contributed by atoms with E-state index in [0.717, 1.165) is 17.7 Å². The van der Waals surface area contributed by atoms with Crippen molar-refractivity contribution in [2.45, 2.75) is 18.4 Å². The first kappa shape index (κ1) is 14.0. The Balaban J connectivity index is 1.81. The molecular weight excluding hydrogens is 293 g/mol. The van der Waals surface area contributed by atoms with Gasteiger partial charge in [0.1, 0.15) is 5.82 Å². The van der Waals surface area contributed by atoms with Crippen molar-refractivity contribution in [1.29, 1.82) is 0 Å². The molecular formula is C19H16FNO2. The van der Waals surface area contributed by atoms with Crippen LogP contribution in [0, 0.1) is 11.7 Å². The molecule has 2 aromatic carbocycles. The molecule has 1 aliphatic heterocycles. The summed E-state index contributed by atoms with van der Waals surface area (Å²) in [6.45, 7) is 0. The summed E-state index contributed by atoms with van der Waals surface area (Å²) in [5.41, 5.74) is 2.82. The van der Waals surface area contributed by atoms with Gasteiger partial charge >= 0.3 is 5.97 Å². The van der Waals surface area contributed by atoms with E-state index in [-0.39, 0.29) is 29.3 Å². The van der Waals surface area contributed by atoms with Crippen molar-refractivity contribution < 1.29 is 14.3 Å². The van der Waals surface area contributed by atoms with E-state index < -0.39 is 5.97 Å². The minimum absolute atomic E-state index is 0.112. The summed E-state index contributed by atoms with van der Waals surface area (Å²) < 4.78 is 14.2. The van der Waals surface area contributed by atoms with Crippen LogP contribution >= 0.6 is 0 Å². The third kappa shape index (κ3) is 2.22. The zero-order chi connectivity index (χ0) is 16.0. The van der Waals surface area contributed by atoms with E-state index >= 15 is 0 Å². The van der Waals surface area contributed by atoms with Crippen LogP contribution in [0.5, 0.6) is 0 Å². The molecule has 0 aromatic heterocycles. The monoisotopic (exact) mass is 309 g/mol. The molecule has 2 aliphatic rings. The lowest BCUT2D eigenvalue weighted by atomic mass is 9.76. The summed E-state index contributed by atoms with van der Waals surface area (Å²) >= 11 is 0. The SMILES string of the molecule is O=C(O)c1ccc2c(c1)[C@@H]1C=CC[C@@H]1[C@@H](c1ccccc1F)N2. The number of halogens is 1. The van der Waals surface area contributed by atoms with E-state index in [0.29, 0.717) is 5.56 Å². The normalized spacial score (nSPS) is 24.7. The van der Waals surface area contributed by atoms with Crippen molar-refractivity contribution in [3.8, 4) is 0 Å². The topological polar surface area (TPSA) is 49.3 Å². The fourth-order valence-electron chi connectivity index (χ4n) is 3.76. The average Bonchev–Trinajstić information content (AvgIpc) is 3.04. The lowest BCUT2D eigenvalue weighted by molar-refractivity contribution is 0.0696. The van der Waals surface area contributed by atoms with E-state index in [1.54, 1.807) is 24.3 Å². The Morgan fingerprint density at radius 2 is 2.00 bits per heavy atom. The smallest absolute Gasteiger partial charge is 0.335 e. The van der Waals surface area contributed by atoms with Gasteiger partial charge in [-0.3, -0.25) is 0 Å². The number of benzene rings is 2. The number of rotatable bonds is 2. The van der Waals surface area contributed by atoms with Crippen LogP contribution < -0.4 is 5.32 Å². The van der Waals surface area contributed by atoms with Crippen LogP contribution in [0.1, 0.15) is 39.9 Å². The largest absolute Gasteiger partial charge is 0.478 e. The molecule has 0 fully saturated rings. The summed E-state index contributed by atoms with van der Waals surface area (Å²) in [7, 11) is 0. The highest BCUT2D eigenvalue weighted by molar-refractivity contribution is 5.89. The highest BCUT2D eigenvalue weighted by Gasteiger charge is 2.39. The third-order valence-corrected chi connectivity index (χ3v) is 4.85. The molecule has 0 radical (unpaired) electrons. The molecule has 0 bridgehead atoms. The van der Waals surface area contributed by atoms with E-state index in [1.165, 1.54) is 6.07 Å². The first-order valence-corrected chi connectivity index (χ1v) is 7.70. The number of allylic oxidation sites excluding steroid dienone is 2. The summed E-state index contributed by atoms with van der Waals surface area (Å²) in [5, 5.41) is 12.6. The Hall–Kier alpha value is -2.62. The number of carboxylic acid groups (broad SMARTS) is 1. The first-order valence-electron chi connectivity index (χ1n) is 7.70. The molecule has 0 saturated carbocycles. The van der Waals surface area contributed by atoms with Gasteiger partial charge in [0.05, 0.1) is 11.6 Å². The average molecular weight is 309 g/mol. The van der Waals surface area contributed by atoms with Crippen LogP contribution in [0.25, 0.3) is 0 Å². The number of hydrogen-bond acceptors (Lipinski definition) is 2. The molecule has 2 N–H and O–H groups in total. The number of fused-ring (bicyclic) bond motifs is 3. The predicted octanol–water partition coefficient (Wildman–Crippen LogP) is 4.35. The van der Waals surface area contributed by atoms with Gasteiger partial charge in [0.2, 0.25) is 0 Å². The molecule has 1 aliphatic carbocycles. The summed E-state index contributed by atoms with van der Waals surface area (Å²) in [6, 6.07) is 11.8. The van der Waals surface area contributed by atoms with Crippen LogP contribution in [-0.2, 0) is 0 Å². The number of anilines is 1. The molecule has 0 unspecified atom stereocenters. The Labute approximate surface area is 133 Å². The van der Waals surface area contributed by atoms with Gasteiger partial charge in [-0.1, -0.05) is 30.4 Å².